The SMILES string of the molecule is CCCCCCCNC(C(=O)N1CCCC1)C(O)c1ccncc1. The van der Waals surface area contributed by atoms with E-state index in [0.717, 1.165) is 50.9 Å². The van der Waals surface area contributed by atoms with Crippen molar-refractivity contribution in [1.82, 2.24) is 15.2 Å². The number of amides is 1. The fraction of sp³-hybridized carbons (Fsp3) is 0.684. The summed E-state index contributed by atoms with van der Waals surface area (Å²) in [4.78, 5) is 18.7. The smallest absolute Gasteiger partial charge is 0.242 e. The average Bonchev–Trinajstić information content (AvgIpc) is 3.15. The van der Waals surface area contributed by atoms with Crippen LogP contribution in [0.3, 0.4) is 0 Å². The molecule has 5 nitrogen and oxygen atoms in total. The van der Waals surface area contributed by atoms with Crippen molar-refractivity contribution >= 4 is 5.91 Å². The first-order chi connectivity index (χ1) is 11.7. The van der Waals surface area contributed by atoms with Gasteiger partial charge in [0.05, 0.1) is 0 Å². The summed E-state index contributed by atoms with van der Waals surface area (Å²) in [5.41, 5.74) is 0.737. The van der Waals surface area contributed by atoms with E-state index in [1.54, 1.807) is 24.5 Å². The molecule has 134 valence electrons. The molecule has 0 spiro atoms. The first kappa shape index (κ1) is 18.9. The van der Waals surface area contributed by atoms with Gasteiger partial charge in [0.25, 0.3) is 0 Å². The monoisotopic (exact) mass is 333 g/mol. The zero-order chi connectivity index (χ0) is 17.2. The van der Waals surface area contributed by atoms with Gasteiger partial charge in [-0.25, -0.2) is 0 Å². The van der Waals surface area contributed by atoms with Crippen LogP contribution < -0.4 is 5.32 Å². The predicted molar refractivity (Wildman–Crippen MR) is 95.6 cm³/mol. The summed E-state index contributed by atoms with van der Waals surface area (Å²) < 4.78 is 0. The van der Waals surface area contributed by atoms with Gasteiger partial charge in [0.1, 0.15) is 12.1 Å². The Kier molecular flexibility index (Phi) is 8.19. The van der Waals surface area contributed by atoms with E-state index < -0.39 is 12.1 Å². The largest absolute Gasteiger partial charge is 0.386 e. The second-order valence-electron chi connectivity index (χ2n) is 6.60. The molecule has 2 unspecified atom stereocenters. The molecule has 1 aromatic heterocycles. The molecule has 1 saturated heterocycles. The number of nitrogens with one attached hydrogen (secondary N) is 1. The van der Waals surface area contributed by atoms with Crippen LogP contribution in [0.4, 0.5) is 0 Å². The molecule has 1 fully saturated rings. The number of aromatic nitrogens is 1. The van der Waals surface area contributed by atoms with Crippen molar-refractivity contribution in [2.24, 2.45) is 0 Å². The molecule has 1 aliphatic rings. The molecular weight excluding hydrogens is 302 g/mol. The van der Waals surface area contributed by atoms with Crippen molar-refractivity contribution in [2.45, 2.75) is 64.0 Å². The Morgan fingerprint density at radius 1 is 1.21 bits per heavy atom. The highest BCUT2D eigenvalue weighted by Gasteiger charge is 2.32. The van der Waals surface area contributed by atoms with E-state index >= 15 is 0 Å². The molecule has 2 atom stereocenters. The van der Waals surface area contributed by atoms with Crippen molar-refractivity contribution < 1.29 is 9.90 Å². The van der Waals surface area contributed by atoms with E-state index in [1.165, 1.54) is 19.3 Å². The van der Waals surface area contributed by atoms with E-state index in [2.05, 4.69) is 17.2 Å². The normalized spacial score (nSPS) is 17.0. The Hall–Kier alpha value is -1.46. The predicted octanol–water partition coefficient (Wildman–Crippen LogP) is 2.67. The number of hydrogen-bond donors (Lipinski definition) is 2. The van der Waals surface area contributed by atoms with Gasteiger partial charge in [0, 0.05) is 25.5 Å². The fourth-order valence-corrected chi connectivity index (χ4v) is 3.21. The Morgan fingerprint density at radius 3 is 2.54 bits per heavy atom. The Labute approximate surface area is 145 Å². The lowest BCUT2D eigenvalue weighted by Crippen LogP contribution is -2.49. The number of rotatable bonds is 10. The van der Waals surface area contributed by atoms with Crippen molar-refractivity contribution in [3.63, 3.8) is 0 Å². The van der Waals surface area contributed by atoms with Crippen molar-refractivity contribution in [3.05, 3.63) is 30.1 Å². The number of nitrogens with zero attached hydrogens (tertiary/aromatic N) is 2. The zero-order valence-corrected chi connectivity index (χ0v) is 14.8. The van der Waals surface area contributed by atoms with Gasteiger partial charge in [-0.1, -0.05) is 32.6 Å². The fourth-order valence-electron chi connectivity index (χ4n) is 3.21. The highest BCUT2D eigenvalue weighted by Crippen LogP contribution is 2.20. The van der Waals surface area contributed by atoms with E-state index in [1.807, 2.05) is 4.90 Å². The molecule has 0 bridgehead atoms. The minimum absolute atomic E-state index is 0.0189. The average molecular weight is 333 g/mol. The van der Waals surface area contributed by atoms with E-state index in [9.17, 15) is 9.90 Å². The maximum absolute atomic E-state index is 12.8. The number of carbonyl (C=O) groups excluding carboxylic acids is 1. The molecular formula is C19H31N3O2. The Morgan fingerprint density at radius 2 is 1.88 bits per heavy atom. The number of pyridine rings is 1. The van der Waals surface area contributed by atoms with Gasteiger partial charge in [0.2, 0.25) is 5.91 Å². The second kappa shape index (κ2) is 10.4. The topological polar surface area (TPSA) is 65.5 Å². The van der Waals surface area contributed by atoms with Crippen molar-refractivity contribution in [1.29, 1.82) is 0 Å². The van der Waals surface area contributed by atoms with Crippen LogP contribution in [0.15, 0.2) is 24.5 Å². The Balaban J connectivity index is 1.94. The molecule has 0 aliphatic carbocycles. The highest BCUT2D eigenvalue weighted by atomic mass is 16.3. The van der Waals surface area contributed by atoms with Crippen LogP contribution in [0.25, 0.3) is 0 Å². The van der Waals surface area contributed by atoms with Gasteiger partial charge >= 0.3 is 0 Å². The van der Waals surface area contributed by atoms with Gasteiger partial charge in [-0.15, -0.1) is 0 Å². The van der Waals surface area contributed by atoms with Crippen LogP contribution in [-0.4, -0.2) is 46.6 Å². The summed E-state index contributed by atoms with van der Waals surface area (Å²) >= 11 is 0. The number of likely N-dealkylation sites (tertiary alicyclic amines) is 1. The molecule has 1 amide bonds. The standard InChI is InChI=1S/C19H31N3O2/c1-2-3-4-5-6-11-21-17(19(24)22-14-7-8-15-22)18(23)16-9-12-20-13-10-16/h9-10,12-13,17-18,21,23H,2-8,11,14-15H2,1H3. The van der Waals surface area contributed by atoms with Crippen LogP contribution in [0.2, 0.25) is 0 Å². The first-order valence-electron chi connectivity index (χ1n) is 9.34. The third-order valence-electron chi connectivity index (χ3n) is 4.69. The third kappa shape index (κ3) is 5.56. The maximum atomic E-state index is 12.8. The number of carbonyl (C=O) groups is 1. The summed E-state index contributed by atoms with van der Waals surface area (Å²) in [6, 6.07) is 2.98. The van der Waals surface area contributed by atoms with E-state index in [0.29, 0.717) is 0 Å². The second-order valence-corrected chi connectivity index (χ2v) is 6.60. The van der Waals surface area contributed by atoms with Gasteiger partial charge in [-0.2, -0.15) is 0 Å². The molecule has 24 heavy (non-hydrogen) atoms. The molecule has 0 saturated carbocycles. The summed E-state index contributed by atoms with van der Waals surface area (Å²) in [7, 11) is 0. The van der Waals surface area contributed by atoms with Crippen LogP contribution in [-0.2, 0) is 4.79 Å². The quantitative estimate of drug-likeness (QED) is 0.646. The molecule has 2 heterocycles. The summed E-state index contributed by atoms with van der Waals surface area (Å²) in [5.74, 6) is 0.0189. The molecule has 1 aromatic rings. The summed E-state index contributed by atoms with van der Waals surface area (Å²) in [5, 5.41) is 14.0. The minimum atomic E-state index is -0.836. The van der Waals surface area contributed by atoms with E-state index in [-0.39, 0.29) is 5.91 Å². The van der Waals surface area contributed by atoms with Gasteiger partial charge in [0.15, 0.2) is 0 Å². The Bertz CT molecular complexity index is 475. The van der Waals surface area contributed by atoms with Crippen LogP contribution in [0.1, 0.15) is 63.5 Å². The van der Waals surface area contributed by atoms with Crippen LogP contribution in [0.5, 0.6) is 0 Å². The van der Waals surface area contributed by atoms with E-state index in [4.69, 9.17) is 0 Å². The molecule has 1 aliphatic heterocycles. The summed E-state index contributed by atoms with van der Waals surface area (Å²) in [6.07, 6.45) is 10.5. The lowest BCUT2D eigenvalue weighted by Gasteiger charge is -2.28. The van der Waals surface area contributed by atoms with Crippen molar-refractivity contribution in [2.75, 3.05) is 19.6 Å². The molecule has 0 aromatic carbocycles. The van der Waals surface area contributed by atoms with Gasteiger partial charge < -0.3 is 15.3 Å². The molecule has 5 heteroatoms. The van der Waals surface area contributed by atoms with Crippen molar-refractivity contribution in [3.8, 4) is 0 Å². The molecule has 0 radical (unpaired) electrons. The number of hydrogen-bond acceptors (Lipinski definition) is 4. The third-order valence-corrected chi connectivity index (χ3v) is 4.69. The molecule has 2 N–H and O–H groups in total. The minimum Gasteiger partial charge on any atom is -0.386 e. The lowest BCUT2D eigenvalue weighted by molar-refractivity contribution is -0.135. The van der Waals surface area contributed by atoms with Crippen LogP contribution in [0, 0.1) is 0 Å². The number of unbranched alkanes of at least 4 members (excludes halogenated alkanes) is 4. The van der Waals surface area contributed by atoms with Crippen LogP contribution >= 0.6 is 0 Å². The molecule has 2 rings (SSSR count). The van der Waals surface area contributed by atoms with Gasteiger partial charge in [-0.3, -0.25) is 9.78 Å². The number of aliphatic hydroxyl groups is 1. The summed E-state index contributed by atoms with van der Waals surface area (Å²) in [6.45, 7) is 4.57. The first-order valence-corrected chi connectivity index (χ1v) is 9.34. The maximum Gasteiger partial charge on any atom is 0.242 e. The highest BCUT2D eigenvalue weighted by molar-refractivity contribution is 5.83. The van der Waals surface area contributed by atoms with Gasteiger partial charge in [-0.05, 0) is 43.5 Å². The zero-order valence-electron chi connectivity index (χ0n) is 14.8. The lowest BCUT2D eigenvalue weighted by atomic mass is 10.0. The number of aliphatic hydroxyl groups excluding tert-OH is 1.